The van der Waals surface area contributed by atoms with Crippen molar-refractivity contribution in [1.29, 1.82) is 0 Å². The predicted molar refractivity (Wildman–Crippen MR) is 96.6 cm³/mol. The summed E-state index contributed by atoms with van der Waals surface area (Å²) in [6, 6.07) is 0. The lowest BCUT2D eigenvalue weighted by Crippen LogP contribution is -2.25. The molecule has 0 fully saturated rings. The Morgan fingerprint density at radius 1 is 0.818 bits per heavy atom. The van der Waals surface area contributed by atoms with Crippen LogP contribution in [0.4, 0.5) is 0 Å². The minimum Gasteiger partial charge on any atom is -0.477 e. The molecule has 1 atom stereocenters. The van der Waals surface area contributed by atoms with Crippen molar-refractivity contribution in [3.8, 4) is 0 Å². The van der Waals surface area contributed by atoms with Gasteiger partial charge in [0.25, 0.3) is 0 Å². The van der Waals surface area contributed by atoms with Crippen molar-refractivity contribution < 1.29 is 15.0 Å². The third kappa shape index (κ3) is 13.2. The lowest BCUT2D eigenvalue weighted by molar-refractivity contribution is -0.129. The third-order valence-electron chi connectivity index (χ3n) is 4.09. The number of rotatable bonds is 16. The Balaban J connectivity index is 3.21. The van der Waals surface area contributed by atoms with E-state index in [9.17, 15) is 9.90 Å². The molecule has 0 radical (unpaired) electrons. The Kier molecular flexibility index (Phi) is 15.1. The van der Waals surface area contributed by atoms with Gasteiger partial charge in [-0.2, -0.15) is 0 Å². The summed E-state index contributed by atoms with van der Waals surface area (Å²) in [6.45, 7) is 2.25. The number of hydrogen-bond acceptors (Lipinski definition) is 3. The van der Waals surface area contributed by atoms with Gasteiger partial charge in [0.05, 0.1) is 6.10 Å². The fourth-order valence-corrected chi connectivity index (χ4v) is 2.75. The van der Waals surface area contributed by atoms with Gasteiger partial charge in [-0.3, -0.25) is 0 Å². The molecule has 1 unspecified atom stereocenters. The average Bonchev–Trinajstić information content (AvgIpc) is 2.50. The summed E-state index contributed by atoms with van der Waals surface area (Å²) in [5.41, 5.74) is 0. The quantitative estimate of drug-likeness (QED) is 0.298. The van der Waals surface area contributed by atoms with Crippen molar-refractivity contribution >= 4 is 23.1 Å². The molecule has 0 aromatic carbocycles. The van der Waals surface area contributed by atoms with Crippen molar-refractivity contribution in [2.75, 3.05) is 0 Å². The van der Waals surface area contributed by atoms with Crippen molar-refractivity contribution in [1.82, 2.24) is 0 Å². The average molecular weight is 331 g/mol. The molecular formula is C18H34O3S. The van der Waals surface area contributed by atoms with E-state index >= 15 is 0 Å². The highest BCUT2D eigenvalue weighted by atomic mass is 32.1. The van der Waals surface area contributed by atoms with E-state index in [0.717, 1.165) is 12.8 Å². The van der Waals surface area contributed by atoms with Crippen LogP contribution in [-0.2, 0) is 4.79 Å². The molecule has 2 N–H and O–H groups in total. The van der Waals surface area contributed by atoms with E-state index in [-0.39, 0.29) is 4.86 Å². The topological polar surface area (TPSA) is 57.5 Å². The Bertz CT molecular complexity index is 292. The summed E-state index contributed by atoms with van der Waals surface area (Å²) >= 11 is 4.64. The first kappa shape index (κ1) is 21.5. The summed E-state index contributed by atoms with van der Waals surface area (Å²) in [5.74, 6) is -1.17. The van der Waals surface area contributed by atoms with Crippen LogP contribution in [0.25, 0.3) is 0 Å². The fourth-order valence-electron chi connectivity index (χ4n) is 2.63. The van der Waals surface area contributed by atoms with E-state index < -0.39 is 12.1 Å². The fraction of sp³-hybridized carbons (Fsp3) is 0.889. The second-order valence-corrected chi connectivity index (χ2v) is 6.66. The number of thiocarbonyl (C=S) groups is 1. The van der Waals surface area contributed by atoms with E-state index in [4.69, 9.17) is 5.11 Å². The molecule has 0 rings (SSSR count). The van der Waals surface area contributed by atoms with E-state index in [1.165, 1.54) is 70.6 Å². The maximum absolute atomic E-state index is 10.6. The molecule has 4 heteroatoms. The van der Waals surface area contributed by atoms with Gasteiger partial charge in [-0.1, -0.05) is 103 Å². The highest BCUT2D eigenvalue weighted by Gasteiger charge is 2.16. The van der Waals surface area contributed by atoms with Crippen LogP contribution in [0.2, 0.25) is 0 Å². The highest BCUT2D eigenvalue weighted by molar-refractivity contribution is 7.82. The summed E-state index contributed by atoms with van der Waals surface area (Å²) in [5, 5.41) is 18.2. The van der Waals surface area contributed by atoms with Gasteiger partial charge in [0, 0.05) is 0 Å². The zero-order valence-electron chi connectivity index (χ0n) is 14.2. The Labute approximate surface area is 141 Å². The van der Waals surface area contributed by atoms with Crippen LogP contribution in [0.5, 0.6) is 0 Å². The zero-order valence-corrected chi connectivity index (χ0v) is 15.0. The molecule has 3 nitrogen and oxygen atoms in total. The minimum atomic E-state index is -1.17. The molecule has 22 heavy (non-hydrogen) atoms. The normalized spacial score (nSPS) is 12.3. The SMILES string of the molecule is CCCCCCCCCCCCCCCC(O)C(=S)C(=O)O. The van der Waals surface area contributed by atoms with E-state index in [2.05, 4.69) is 19.1 Å². The molecule has 0 aromatic rings. The van der Waals surface area contributed by atoms with E-state index in [1.807, 2.05) is 0 Å². The van der Waals surface area contributed by atoms with E-state index in [0.29, 0.717) is 6.42 Å². The smallest absolute Gasteiger partial charge is 0.345 e. The molecule has 0 aliphatic heterocycles. The molecular weight excluding hydrogens is 296 g/mol. The first-order chi connectivity index (χ1) is 10.6. The Morgan fingerprint density at radius 2 is 1.18 bits per heavy atom. The van der Waals surface area contributed by atoms with Gasteiger partial charge in [-0.25, -0.2) is 4.79 Å². The molecule has 0 spiro atoms. The maximum atomic E-state index is 10.6. The second-order valence-electron chi connectivity index (χ2n) is 6.22. The molecule has 0 amide bonds. The number of aliphatic hydroxyl groups is 1. The van der Waals surface area contributed by atoms with Gasteiger partial charge in [-0.05, 0) is 6.42 Å². The predicted octanol–water partition coefficient (Wildman–Crippen LogP) is 5.28. The van der Waals surface area contributed by atoms with Gasteiger partial charge >= 0.3 is 5.97 Å². The highest BCUT2D eigenvalue weighted by Crippen LogP contribution is 2.13. The number of hydrogen-bond donors (Lipinski definition) is 2. The number of aliphatic carboxylic acids is 1. The van der Waals surface area contributed by atoms with Crippen LogP contribution < -0.4 is 0 Å². The first-order valence-corrected chi connectivity index (χ1v) is 9.45. The number of unbranched alkanes of at least 4 members (excludes halogenated alkanes) is 12. The van der Waals surface area contributed by atoms with Crippen LogP contribution in [-0.4, -0.2) is 27.2 Å². The monoisotopic (exact) mass is 330 g/mol. The molecule has 0 saturated carbocycles. The summed E-state index contributed by atoms with van der Waals surface area (Å²) in [6.07, 6.45) is 16.1. The molecule has 0 aliphatic rings. The number of carboxylic acid groups (broad SMARTS) is 1. The van der Waals surface area contributed by atoms with Gasteiger partial charge in [0.15, 0.2) is 0 Å². The second kappa shape index (κ2) is 15.4. The molecule has 0 bridgehead atoms. The molecule has 0 aromatic heterocycles. The van der Waals surface area contributed by atoms with Crippen LogP contribution in [0.3, 0.4) is 0 Å². The van der Waals surface area contributed by atoms with Gasteiger partial charge in [0.2, 0.25) is 0 Å². The van der Waals surface area contributed by atoms with Gasteiger partial charge < -0.3 is 10.2 Å². The Morgan fingerprint density at radius 3 is 1.55 bits per heavy atom. The van der Waals surface area contributed by atoms with Gasteiger partial charge in [-0.15, -0.1) is 0 Å². The molecule has 130 valence electrons. The standard InChI is InChI=1S/C18H34O3S/c1-2-3-4-5-6-7-8-9-10-11-12-13-14-15-16(19)17(22)18(20)21/h16,19H,2-15H2,1H3,(H,20,21). The maximum Gasteiger partial charge on any atom is 0.345 e. The number of carbonyl (C=O) groups is 1. The third-order valence-corrected chi connectivity index (χ3v) is 4.54. The summed E-state index contributed by atoms with van der Waals surface area (Å²) in [4.78, 5) is 10.3. The minimum absolute atomic E-state index is 0.251. The number of aliphatic hydroxyl groups excluding tert-OH is 1. The molecule has 0 aliphatic carbocycles. The molecule has 0 heterocycles. The van der Waals surface area contributed by atoms with Crippen molar-refractivity contribution in [3.63, 3.8) is 0 Å². The largest absolute Gasteiger partial charge is 0.477 e. The van der Waals surface area contributed by atoms with Crippen LogP contribution >= 0.6 is 12.2 Å². The van der Waals surface area contributed by atoms with Crippen molar-refractivity contribution in [2.24, 2.45) is 0 Å². The van der Waals surface area contributed by atoms with Crippen LogP contribution in [0, 0.1) is 0 Å². The first-order valence-electron chi connectivity index (χ1n) is 9.04. The van der Waals surface area contributed by atoms with Crippen molar-refractivity contribution in [2.45, 2.75) is 103 Å². The lowest BCUT2D eigenvalue weighted by atomic mass is 10.0. The lowest BCUT2D eigenvalue weighted by Gasteiger charge is -2.08. The summed E-state index contributed by atoms with van der Waals surface area (Å²) < 4.78 is 0. The summed E-state index contributed by atoms with van der Waals surface area (Å²) in [7, 11) is 0. The molecule has 0 saturated heterocycles. The van der Waals surface area contributed by atoms with E-state index in [1.54, 1.807) is 0 Å². The Hall–Kier alpha value is -0.480. The zero-order chi connectivity index (χ0) is 16.6. The van der Waals surface area contributed by atoms with Crippen LogP contribution in [0.1, 0.15) is 96.8 Å². The van der Waals surface area contributed by atoms with Crippen LogP contribution in [0.15, 0.2) is 0 Å². The number of carboxylic acids is 1. The van der Waals surface area contributed by atoms with Gasteiger partial charge in [0.1, 0.15) is 4.86 Å². The van der Waals surface area contributed by atoms with Crippen molar-refractivity contribution in [3.05, 3.63) is 0 Å².